The Hall–Kier alpha value is -0.810. The van der Waals surface area contributed by atoms with Gasteiger partial charge in [0.1, 0.15) is 11.2 Å². The average molecular weight is 211 g/mol. The molecule has 1 rings (SSSR count). The highest BCUT2D eigenvalue weighted by molar-refractivity contribution is 6.29. The Bertz CT molecular complexity index is 300. The van der Waals surface area contributed by atoms with Gasteiger partial charge in [0.2, 0.25) is 0 Å². The van der Waals surface area contributed by atoms with Crippen LogP contribution >= 0.6 is 11.6 Å². The second kappa shape index (κ2) is 3.51. The van der Waals surface area contributed by atoms with E-state index in [2.05, 4.69) is 4.98 Å². The average Bonchev–Trinajstić information content (AvgIpc) is 2.01. The molecule has 0 aromatic carbocycles. The minimum Gasteiger partial charge on any atom is -0.316 e. The van der Waals surface area contributed by atoms with Crippen molar-refractivity contribution in [1.29, 1.82) is 0 Å². The predicted molar refractivity (Wildman–Crippen MR) is 42.2 cm³/mol. The summed E-state index contributed by atoms with van der Waals surface area (Å²) in [7, 11) is 0. The number of halogens is 4. The third kappa shape index (κ3) is 2.57. The van der Waals surface area contributed by atoms with E-state index in [9.17, 15) is 13.2 Å². The maximum Gasteiger partial charge on any atom is 0.407 e. The van der Waals surface area contributed by atoms with Crippen LogP contribution in [0.5, 0.6) is 0 Å². The molecule has 0 saturated carbocycles. The van der Waals surface area contributed by atoms with Gasteiger partial charge in [0.15, 0.2) is 0 Å². The van der Waals surface area contributed by atoms with Crippen LogP contribution in [0, 0.1) is 0 Å². The normalized spacial score (nSPS) is 14.2. The first kappa shape index (κ1) is 10.3. The van der Waals surface area contributed by atoms with Crippen LogP contribution in [0.1, 0.15) is 11.6 Å². The van der Waals surface area contributed by atoms with Crippen molar-refractivity contribution in [3.05, 3.63) is 29.0 Å². The summed E-state index contributed by atoms with van der Waals surface area (Å²) < 4.78 is 36.2. The highest BCUT2D eigenvalue weighted by Gasteiger charge is 2.37. The molecule has 0 bridgehead atoms. The van der Waals surface area contributed by atoms with Crippen LogP contribution in [0.25, 0.3) is 0 Å². The molecular weight excluding hydrogens is 205 g/mol. The molecule has 0 saturated heterocycles. The molecule has 13 heavy (non-hydrogen) atoms. The number of aromatic nitrogens is 1. The van der Waals surface area contributed by atoms with Crippen molar-refractivity contribution in [2.75, 3.05) is 0 Å². The Morgan fingerprint density at radius 1 is 1.46 bits per heavy atom. The van der Waals surface area contributed by atoms with Crippen LogP contribution in [0.15, 0.2) is 18.3 Å². The zero-order chi connectivity index (χ0) is 10.1. The summed E-state index contributed by atoms with van der Waals surface area (Å²) in [5, 5.41) is -0.00259. The van der Waals surface area contributed by atoms with Crippen molar-refractivity contribution in [2.45, 2.75) is 12.2 Å². The quantitative estimate of drug-likeness (QED) is 0.723. The molecule has 1 aromatic rings. The van der Waals surface area contributed by atoms with Crippen LogP contribution < -0.4 is 5.73 Å². The summed E-state index contributed by atoms with van der Waals surface area (Å²) >= 11 is 5.40. The van der Waals surface area contributed by atoms with Gasteiger partial charge >= 0.3 is 6.18 Å². The molecule has 2 nitrogen and oxygen atoms in total. The zero-order valence-electron chi connectivity index (χ0n) is 6.35. The first-order valence-electron chi connectivity index (χ1n) is 3.35. The van der Waals surface area contributed by atoms with Crippen LogP contribution in [0.2, 0.25) is 5.15 Å². The molecule has 0 unspecified atom stereocenters. The maximum atomic E-state index is 12.1. The third-order valence-corrected chi connectivity index (χ3v) is 1.67. The molecule has 0 amide bonds. The summed E-state index contributed by atoms with van der Waals surface area (Å²) in [5.74, 6) is 0. The van der Waals surface area contributed by atoms with E-state index in [-0.39, 0.29) is 10.7 Å². The van der Waals surface area contributed by atoms with E-state index < -0.39 is 12.2 Å². The molecule has 0 aliphatic carbocycles. The molecule has 0 spiro atoms. The van der Waals surface area contributed by atoms with E-state index >= 15 is 0 Å². The molecular formula is C7H6ClF3N2. The zero-order valence-corrected chi connectivity index (χ0v) is 7.10. The molecule has 0 radical (unpaired) electrons. The van der Waals surface area contributed by atoms with Gasteiger partial charge in [-0.1, -0.05) is 11.6 Å². The molecule has 0 aliphatic heterocycles. The van der Waals surface area contributed by atoms with Gasteiger partial charge < -0.3 is 5.73 Å². The monoisotopic (exact) mass is 210 g/mol. The Kier molecular flexibility index (Phi) is 2.77. The van der Waals surface area contributed by atoms with Gasteiger partial charge in [-0.3, -0.25) is 0 Å². The van der Waals surface area contributed by atoms with Crippen LogP contribution in [-0.4, -0.2) is 11.2 Å². The number of hydrogen-bond acceptors (Lipinski definition) is 2. The van der Waals surface area contributed by atoms with Crippen LogP contribution in [0.3, 0.4) is 0 Å². The summed E-state index contributed by atoms with van der Waals surface area (Å²) in [6, 6.07) is 0.275. The van der Waals surface area contributed by atoms with Gasteiger partial charge in [0.05, 0.1) is 0 Å². The van der Waals surface area contributed by atoms with E-state index in [1.165, 1.54) is 12.3 Å². The lowest BCUT2D eigenvalue weighted by atomic mass is 10.1. The number of hydrogen-bond donors (Lipinski definition) is 1. The van der Waals surface area contributed by atoms with Gasteiger partial charge in [-0.25, -0.2) is 4.98 Å². The topological polar surface area (TPSA) is 38.9 Å². The molecule has 2 N–H and O–H groups in total. The summed E-state index contributed by atoms with van der Waals surface area (Å²) in [6.07, 6.45) is -3.27. The van der Waals surface area contributed by atoms with Gasteiger partial charge in [0.25, 0.3) is 0 Å². The van der Waals surface area contributed by atoms with Crippen molar-refractivity contribution < 1.29 is 13.2 Å². The fraction of sp³-hybridized carbons (Fsp3) is 0.286. The van der Waals surface area contributed by atoms with Gasteiger partial charge in [-0.05, 0) is 17.7 Å². The molecule has 72 valence electrons. The lowest BCUT2D eigenvalue weighted by Crippen LogP contribution is -2.28. The number of pyridine rings is 1. The third-order valence-electron chi connectivity index (χ3n) is 1.46. The summed E-state index contributed by atoms with van der Waals surface area (Å²) in [5.41, 5.74) is 4.84. The standard InChI is InChI=1S/C7H6ClF3N2/c8-5-3-4(1-2-13-5)6(12)7(9,10)11/h1-3,6H,12H2/t6-/m1/s1. The fourth-order valence-corrected chi connectivity index (χ4v) is 0.982. The summed E-state index contributed by atoms with van der Waals surface area (Å²) in [6.45, 7) is 0. The highest BCUT2D eigenvalue weighted by Crippen LogP contribution is 2.30. The highest BCUT2D eigenvalue weighted by atomic mass is 35.5. The van der Waals surface area contributed by atoms with Gasteiger partial charge in [-0.2, -0.15) is 13.2 Å². The molecule has 6 heteroatoms. The van der Waals surface area contributed by atoms with Crippen molar-refractivity contribution in [3.63, 3.8) is 0 Å². The second-order valence-corrected chi connectivity index (χ2v) is 2.82. The van der Waals surface area contributed by atoms with Crippen molar-refractivity contribution in [3.8, 4) is 0 Å². The van der Waals surface area contributed by atoms with Crippen LogP contribution in [-0.2, 0) is 0 Å². The summed E-state index contributed by atoms with van der Waals surface area (Å²) in [4.78, 5) is 3.55. The van der Waals surface area contributed by atoms with E-state index in [1.54, 1.807) is 0 Å². The number of rotatable bonds is 1. The fourth-order valence-electron chi connectivity index (χ4n) is 0.800. The number of nitrogens with zero attached hydrogens (tertiary/aromatic N) is 1. The van der Waals surface area contributed by atoms with Gasteiger partial charge in [0, 0.05) is 6.20 Å². The minimum absolute atomic E-state index is 0.00259. The van der Waals surface area contributed by atoms with Crippen molar-refractivity contribution >= 4 is 11.6 Å². The Labute approximate surface area is 77.5 Å². The van der Waals surface area contributed by atoms with Crippen molar-refractivity contribution in [2.24, 2.45) is 5.73 Å². The lowest BCUT2D eigenvalue weighted by Gasteiger charge is -2.15. The lowest BCUT2D eigenvalue weighted by molar-refractivity contribution is -0.149. The molecule has 0 aliphatic rings. The first-order valence-corrected chi connectivity index (χ1v) is 3.73. The smallest absolute Gasteiger partial charge is 0.316 e. The molecule has 1 aromatic heterocycles. The van der Waals surface area contributed by atoms with E-state index in [0.29, 0.717) is 0 Å². The number of alkyl halides is 3. The Balaban J connectivity index is 2.96. The largest absolute Gasteiger partial charge is 0.407 e. The molecule has 1 atom stereocenters. The van der Waals surface area contributed by atoms with Crippen molar-refractivity contribution in [1.82, 2.24) is 4.98 Å². The first-order chi connectivity index (χ1) is 5.91. The SMILES string of the molecule is N[C@H](c1ccnc(Cl)c1)C(F)(F)F. The molecule has 1 heterocycles. The second-order valence-electron chi connectivity index (χ2n) is 2.43. The van der Waals surface area contributed by atoms with Gasteiger partial charge in [-0.15, -0.1) is 0 Å². The minimum atomic E-state index is -4.45. The number of nitrogens with two attached hydrogens (primary N) is 1. The van der Waals surface area contributed by atoms with E-state index in [1.807, 2.05) is 0 Å². The predicted octanol–water partition coefficient (Wildman–Crippen LogP) is 2.30. The van der Waals surface area contributed by atoms with E-state index in [0.717, 1.165) is 6.07 Å². The Morgan fingerprint density at radius 3 is 2.54 bits per heavy atom. The molecule has 0 fully saturated rings. The Morgan fingerprint density at radius 2 is 2.08 bits per heavy atom. The maximum absolute atomic E-state index is 12.1. The van der Waals surface area contributed by atoms with E-state index in [4.69, 9.17) is 17.3 Å². The van der Waals surface area contributed by atoms with Crippen LogP contribution in [0.4, 0.5) is 13.2 Å².